The number of nitrogens with zero attached hydrogens (tertiary/aromatic N) is 3. The Kier molecular flexibility index (Phi) is 7.59. The molecule has 2 aromatic carbocycles. The second-order valence-electron chi connectivity index (χ2n) is 6.91. The first-order valence-corrected chi connectivity index (χ1v) is 8.89. The molecule has 1 atom stereocenters. The van der Waals surface area contributed by atoms with Crippen molar-refractivity contribution in [3.05, 3.63) is 65.7 Å². The van der Waals surface area contributed by atoms with Gasteiger partial charge in [0.1, 0.15) is 17.2 Å². The van der Waals surface area contributed by atoms with Crippen molar-refractivity contribution in [1.29, 1.82) is 0 Å². The lowest BCUT2D eigenvalue weighted by atomic mass is 9.96. The summed E-state index contributed by atoms with van der Waals surface area (Å²) in [5, 5.41) is 10.6. The minimum Gasteiger partial charge on any atom is -0.384 e. The van der Waals surface area contributed by atoms with Gasteiger partial charge in [-0.2, -0.15) is 0 Å². The number of aliphatic hydroxyl groups is 1. The summed E-state index contributed by atoms with van der Waals surface area (Å²) in [4.78, 5) is 8.46. The smallest absolute Gasteiger partial charge is 0.191 e. The van der Waals surface area contributed by atoms with E-state index in [2.05, 4.69) is 9.89 Å². The highest BCUT2D eigenvalue weighted by Crippen LogP contribution is 2.21. The second kappa shape index (κ2) is 9.51. The van der Waals surface area contributed by atoms with Crippen molar-refractivity contribution in [3.8, 4) is 0 Å². The summed E-state index contributed by atoms with van der Waals surface area (Å²) < 4.78 is 26.1. The maximum atomic E-state index is 13.0. The highest BCUT2D eigenvalue weighted by Gasteiger charge is 2.24. The van der Waals surface area contributed by atoms with E-state index in [4.69, 9.17) is 5.73 Å². The zero-order valence-corrected chi connectivity index (χ0v) is 18.0. The predicted octanol–water partition coefficient (Wildman–Crippen LogP) is 2.93. The Morgan fingerprint density at radius 3 is 2.04 bits per heavy atom. The van der Waals surface area contributed by atoms with Crippen LogP contribution in [0.1, 0.15) is 12.5 Å². The zero-order chi connectivity index (χ0) is 19.4. The molecule has 3 rings (SSSR count). The van der Waals surface area contributed by atoms with Gasteiger partial charge in [0.15, 0.2) is 5.96 Å². The summed E-state index contributed by atoms with van der Waals surface area (Å²) in [5.74, 6) is -0.227. The third kappa shape index (κ3) is 5.54. The van der Waals surface area contributed by atoms with Crippen LogP contribution in [0.2, 0.25) is 0 Å². The van der Waals surface area contributed by atoms with Gasteiger partial charge < -0.3 is 20.6 Å². The van der Waals surface area contributed by atoms with Gasteiger partial charge >= 0.3 is 0 Å². The first-order chi connectivity index (χ1) is 12.8. The SMILES string of the molecule is CC(O)(CN=C(N)N1CCN(c2ccc(F)cc2)CC1)c1ccc(F)cc1.I. The second-order valence-corrected chi connectivity index (χ2v) is 6.91. The van der Waals surface area contributed by atoms with Crippen LogP contribution in [0, 0.1) is 11.6 Å². The minimum atomic E-state index is -1.23. The monoisotopic (exact) mass is 502 g/mol. The number of piperazine rings is 1. The van der Waals surface area contributed by atoms with Crippen LogP contribution in [0.25, 0.3) is 0 Å². The molecule has 1 fully saturated rings. The van der Waals surface area contributed by atoms with Gasteiger partial charge in [0, 0.05) is 31.9 Å². The van der Waals surface area contributed by atoms with Crippen LogP contribution < -0.4 is 10.6 Å². The Morgan fingerprint density at radius 2 is 1.50 bits per heavy atom. The fourth-order valence-corrected chi connectivity index (χ4v) is 3.08. The number of rotatable bonds is 4. The van der Waals surface area contributed by atoms with Crippen LogP contribution in [0.4, 0.5) is 14.5 Å². The van der Waals surface area contributed by atoms with E-state index in [-0.39, 0.29) is 42.2 Å². The molecule has 28 heavy (non-hydrogen) atoms. The molecule has 5 nitrogen and oxygen atoms in total. The van der Waals surface area contributed by atoms with Crippen molar-refractivity contribution in [2.45, 2.75) is 12.5 Å². The van der Waals surface area contributed by atoms with E-state index in [0.29, 0.717) is 24.6 Å². The van der Waals surface area contributed by atoms with Crippen LogP contribution in [0.5, 0.6) is 0 Å². The number of nitrogens with two attached hydrogens (primary N) is 1. The number of aliphatic imine (C=N–C) groups is 1. The number of guanidine groups is 1. The van der Waals surface area contributed by atoms with E-state index in [9.17, 15) is 13.9 Å². The van der Waals surface area contributed by atoms with Crippen molar-refractivity contribution in [2.75, 3.05) is 37.6 Å². The third-order valence-electron chi connectivity index (χ3n) is 4.81. The standard InChI is InChI=1S/C20H24F2N4O.HI/c1-20(27,15-2-4-16(21)5-3-15)14-24-19(23)26-12-10-25(11-13-26)18-8-6-17(22)7-9-18;/h2-9,27H,10-14H2,1H3,(H2,23,24);1H. The van der Waals surface area contributed by atoms with Gasteiger partial charge in [0.25, 0.3) is 0 Å². The average molecular weight is 502 g/mol. The Bertz CT molecular complexity index is 789. The van der Waals surface area contributed by atoms with Crippen molar-refractivity contribution < 1.29 is 13.9 Å². The summed E-state index contributed by atoms with van der Waals surface area (Å²) >= 11 is 0. The molecular weight excluding hydrogens is 477 g/mol. The van der Waals surface area contributed by atoms with Crippen LogP contribution in [-0.4, -0.2) is 48.7 Å². The van der Waals surface area contributed by atoms with E-state index in [1.807, 2.05) is 4.90 Å². The van der Waals surface area contributed by atoms with E-state index in [0.717, 1.165) is 18.8 Å². The first-order valence-electron chi connectivity index (χ1n) is 8.89. The molecule has 0 amide bonds. The van der Waals surface area contributed by atoms with Crippen LogP contribution in [-0.2, 0) is 5.60 Å². The Morgan fingerprint density at radius 1 is 1.00 bits per heavy atom. The average Bonchev–Trinajstić information content (AvgIpc) is 2.67. The molecule has 0 aromatic heterocycles. The molecule has 1 unspecified atom stereocenters. The molecule has 152 valence electrons. The van der Waals surface area contributed by atoms with Gasteiger partial charge in [0.05, 0.1) is 6.54 Å². The molecule has 0 saturated carbocycles. The normalized spacial score (nSPS) is 17.1. The van der Waals surface area contributed by atoms with Crippen molar-refractivity contribution >= 4 is 35.6 Å². The summed E-state index contributed by atoms with van der Waals surface area (Å²) in [6, 6.07) is 12.1. The Balaban J connectivity index is 0.00000280. The molecular formula is C20H25F2IN4O. The van der Waals surface area contributed by atoms with Crippen molar-refractivity contribution in [3.63, 3.8) is 0 Å². The summed E-state index contributed by atoms with van der Waals surface area (Å²) in [5.41, 5.74) is 6.43. The van der Waals surface area contributed by atoms with Crippen LogP contribution in [0.3, 0.4) is 0 Å². The lowest BCUT2D eigenvalue weighted by Gasteiger charge is -2.36. The number of hydrogen-bond donors (Lipinski definition) is 2. The summed E-state index contributed by atoms with van der Waals surface area (Å²) in [6.45, 7) is 4.58. The van der Waals surface area contributed by atoms with E-state index in [1.54, 1.807) is 31.2 Å². The number of anilines is 1. The van der Waals surface area contributed by atoms with Crippen molar-refractivity contribution in [1.82, 2.24) is 4.90 Å². The highest BCUT2D eigenvalue weighted by molar-refractivity contribution is 14.0. The maximum Gasteiger partial charge on any atom is 0.191 e. The Labute approximate surface area is 180 Å². The number of hydrogen-bond acceptors (Lipinski definition) is 3. The van der Waals surface area contributed by atoms with Gasteiger partial charge in [-0.3, -0.25) is 0 Å². The topological polar surface area (TPSA) is 65.1 Å². The zero-order valence-electron chi connectivity index (χ0n) is 15.7. The molecule has 3 N–H and O–H groups in total. The number of halogens is 3. The minimum absolute atomic E-state index is 0. The largest absolute Gasteiger partial charge is 0.384 e. The Hall–Kier alpha value is -1.94. The molecule has 1 aliphatic heterocycles. The van der Waals surface area contributed by atoms with Crippen LogP contribution in [0.15, 0.2) is 53.5 Å². The fraction of sp³-hybridized carbons (Fsp3) is 0.350. The molecule has 0 aliphatic carbocycles. The molecule has 0 radical (unpaired) electrons. The van der Waals surface area contributed by atoms with E-state index >= 15 is 0 Å². The first kappa shape index (κ1) is 22.4. The van der Waals surface area contributed by atoms with Crippen molar-refractivity contribution in [2.24, 2.45) is 10.7 Å². The third-order valence-corrected chi connectivity index (χ3v) is 4.81. The maximum absolute atomic E-state index is 13.0. The molecule has 0 bridgehead atoms. The molecule has 0 spiro atoms. The van der Waals surface area contributed by atoms with Crippen LogP contribution >= 0.6 is 24.0 Å². The molecule has 1 saturated heterocycles. The van der Waals surface area contributed by atoms with E-state index < -0.39 is 5.60 Å². The summed E-state index contributed by atoms with van der Waals surface area (Å²) in [6.07, 6.45) is 0. The fourth-order valence-electron chi connectivity index (χ4n) is 3.08. The lowest BCUT2D eigenvalue weighted by molar-refractivity contribution is 0.0669. The predicted molar refractivity (Wildman–Crippen MR) is 118 cm³/mol. The molecule has 2 aromatic rings. The van der Waals surface area contributed by atoms with Gasteiger partial charge in [-0.1, -0.05) is 12.1 Å². The van der Waals surface area contributed by atoms with Gasteiger partial charge in [-0.15, -0.1) is 24.0 Å². The van der Waals surface area contributed by atoms with Gasteiger partial charge in [-0.05, 0) is 48.9 Å². The summed E-state index contributed by atoms with van der Waals surface area (Å²) in [7, 11) is 0. The molecule has 8 heteroatoms. The molecule has 1 aliphatic rings. The van der Waals surface area contributed by atoms with E-state index in [1.165, 1.54) is 24.3 Å². The van der Waals surface area contributed by atoms with Gasteiger partial charge in [-0.25, -0.2) is 13.8 Å². The van der Waals surface area contributed by atoms with Gasteiger partial charge in [0.2, 0.25) is 0 Å². The lowest BCUT2D eigenvalue weighted by Crippen LogP contribution is -2.51. The highest BCUT2D eigenvalue weighted by atomic mass is 127. The quantitative estimate of drug-likeness (QED) is 0.384. The number of benzene rings is 2. The molecule has 1 heterocycles.